The second kappa shape index (κ2) is 6.68. The fourth-order valence-electron chi connectivity index (χ4n) is 1.73. The lowest BCUT2D eigenvalue weighted by Crippen LogP contribution is -2.40. The Morgan fingerprint density at radius 1 is 1.33 bits per heavy atom. The quantitative estimate of drug-likeness (QED) is 0.727. The van der Waals surface area contributed by atoms with Gasteiger partial charge in [0.05, 0.1) is 4.90 Å². The molecular weight excluding hydrogens is 296 g/mol. The standard InChI is InChI=1S/C13H18N2O5S/c1-4-11(13(17)18)15-21(19,20)12-7-10(14-9(3)16)6-5-8(12)2/h5-7,11,15H,4H2,1-3H3,(H,14,16)(H,17,18)/t11-/m1/s1. The smallest absolute Gasteiger partial charge is 0.321 e. The number of carboxylic acids is 1. The van der Waals surface area contributed by atoms with Crippen molar-refractivity contribution in [2.24, 2.45) is 0 Å². The van der Waals surface area contributed by atoms with Gasteiger partial charge in [-0.15, -0.1) is 0 Å². The average molecular weight is 314 g/mol. The van der Waals surface area contributed by atoms with Crippen molar-refractivity contribution in [1.29, 1.82) is 0 Å². The molecule has 0 aliphatic rings. The van der Waals surface area contributed by atoms with Gasteiger partial charge >= 0.3 is 5.97 Å². The minimum atomic E-state index is -3.99. The summed E-state index contributed by atoms with van der Waals surface area (Å²) >= 11 is 0. The second-order valence-corrected chi connectivity index (χ2v) is 6.26. The van der Waals surface area contributed by atoms with Gasteiger partial charge in [0.2, 0.25) is 15.9 Å². The number of carbonyl (C=O) groups excluding carboxylic acids is 1. The van der Waals surface area contributed by atoms with Gasteiger partial charge in [-0.1, -0.05) is 13.0 Å². The van der Waals surface area contributed by atoms with Crippen LogP contribution in [0.3, 0.4) is 0 Å². The normalized spacial score (nSPS) is 12.7. The number of rotatable bonds is 6. The predicted octanol–water partition coefficient (Wildman–Crippen LogP) is 1.09. The number of anilines is 1. The van der Waals surface area contributed by atoms with Gasteiger partial charge in [-0.3, -0.25) is 9.59 Å². The molecule has 0 aliphatic heterocycles. The SMILES string of the molecule is CC[C@@H](NS(=O)(=O)c1cc(NC(C)=O)ccc1C)C(=O)O. The average Bonchev–Trinajstić information content (AvgIpc) is 2.37. The molecule has 1 rings (SSSR count). The molecule has 0 spiro atoms. The molecule has 0 bridgehead atoms. The predicted molar refractivity (Wildman–Crippen MR) is 77.5 cm³/mol. The van der Waals surface area contributed by atoms with Crippen molar-refractivity contribution in [3.63, 3.8) is 0 Å². The topological polar surface area (TPSA) is 113 Å². The van der Waals surface area contributed by atoms with Gasteiger partial charge in [0.25, 0.3) is 0 Å². The summed E-state index contributed by atoms with van der Waals surface area (Å²) in [4.78, 5) is 21.9. The largest absolute Gasteiger partial charge is 0.480 e. The Labute approximate surface area is 123 Å². The number of carboxylic acid groups (broad SMARTS) is 1. The van der Waals surface area contributed by atoms with Crippen LogP contribution in [0.15, 0.2) is 23.1 Å². The number of amides is 1. The molecule has 0 aromatic heterocycles. The zero-order valence-electron chi connectivity index (χ0n) is 12.0. The van der Waals surface area contributed by atoms with Gasteiger partial charge in [-0.05, 0) is 31.0 Å². The van der Waals surface area contributed by atoms with E-state index >= 15 is 0 Å². The van der Waals surface area contributed by atoms with Crippen molar-refractivity contribution in [3.05, 3.63) is 23.8 Å². The van der Waals surface area contributed by atoms with Gasteiger partial charge in [-0.25, -0.2) is 8.42 Å². The van der Waals surface area contributed by atoms with Gasteiger partial charge < -0.3 is 10.4 Å². The Balaban J connectivity index is 3.18. The Morgan fingerprint density at radius 2 is 1.95 bits per heavy atom. The molecule has 0 unspecified atom stereocenters. The summed E-state index contributed by atoms with van der Waals surface area (Å²) in [5, 5.41) is 11.4. The lowest BCUT2D eigenvalue weighted by Gasteiger charge is -2.15. The Morgan fingerprint density at radius 3 is 2.43 bits per heavy atom. The lowest BCUT2D eigenvalue weighted by atomic mass is 10.2. The fourth-order valence-corrected chi connectivity index (χ4v) is 3.27. The maximum Gasteiger partial charge on any atom is 0.321 e. The van der Waals surface area contributed by atoms with Crippen LogP contribution in [0.2, 0.25) is 0 Å². The van der Waals surface area contributed by atoms with Crippen LogP contribution < -0.4 is 10.0 Å². The number of nitrogens with one attached hydrogen (secondary N) is 2. The zero-order valence-corrected chi connectivity index (χ0v) is 12.8. The van der Waals surface area contributed by atoms with Crippen LogP contribution in [0, 0.1) is 6.92 Å². The first kappa shape index (κ1) is 17.1. The van der Waals surface area contributed by atoms with E-state index in [1.54, 1.807) is 26.0 Å². The Kier molecular flexibility index (Phi) is 5.45. The van der Waals surface area contributed by atoms with Crippen molar-refractivity contribution >= 4 is 27.6 Å². The fraction of sp³-hybridized carbons (Fsp3) is 0.385. The first-order valence-corrected chi connectivity index (χ1v) is 7.79. The van der Waals surface area contributed by atoms with Gasteiger partial charge in [0.15, 0.2) is 0 Å². The summed E-state index contributed by atoms with van der Waals surface area (Å²) < 4.78 is 26.7. The van der Waals surface area contributed by atoms with E-state index in [2.05, 4.69) is 10.0 Å². The molecule has 0 aliphatic carbocycles. The maximum absolute atomic E-state index is 12.3. The molecule has 0 heterocycles. The minimum Gasteiger partial charge on any atom is -0.480 e. The highest BCUT2D eigenvalue weighted by atomic mass is 32.2. The molecule has 3 N–H and O–H groups in total. The molecule has 0 saturated heterocycles. The number of sulfonamides is 1. The van der Waals surface area contributed by atoms with Crippen LogP contribution in [0.1, 0.15) is 25.8 Å². The summed E-state index contributed by atoms with van der Waals surface area (Å²) in [6, 6.07) is 3.22. The number of benzene rings is 1. The molecule has 0 radical (unpaired) electrons. The zero-order chi connectivity index (χ0) is 16.2. The second-order valence-electron chi connectivity index (χ2n) is 4.58. The van der Waals surface area contributed by atoms with E-state index < -0.39 is 22.0 Å². The minimum absolute atomic E-state index is 0.0616. The van der Waals surface area contributed by atoms with E-state index in [1.807, 2.05) is 0 Å². The van der Waals surface area contributed by atoms with Gasteiger partial charge in [-0.2, -0.15) is 4.72 Å². The molecule has 21 heavy (non-hydrogen) atoms. The summed E-state index contributed by atoms with van der Waals surface area (Å²) in [7, 11) is -3.99. The molecule has 116 valence electrons. The molecule has 1 aromatic rings. The third kappa shape index (κ3) is 4.54. The molecule has 1 amide bonds. The molecule has 7 nitrogen and oxygen atoms in total. The third-order valence-corrected chi connectivity index (χ3v) is 4.42. The third-order valence-electron chi connectivity index (χ3n) is 2.80. The van der Waals surface area contributed by atoms with E-state index in [-0.39, 0.29) is 17.2 Å². The van der Waals surface area contributed by atoms with Crippen molar-refractivity contribution in [3.8, 4) is 0 Å². The van der Waals surface area contributed by atoms with Crippen molar-refractivity contribution in [1.82, 2.24) is 4.72 Å². The number of aliphatic carboxylic acids is 1. The van der Waals surface area contributed by atoms with Crippen LogP contribution in [0.4, 0.5) is 5.69 Å². The van der Waals surface area contributed by atoms with Gasteiger partial charge in [0, 0.05) is 12.6 Å². The van der Waals surface area contributed by atoms with E-state index in [1.165, 1.54) is 13.0 Å². The summed E-state index contributed by atoms with van der Waals surface area (Å²) in [6.45, 7) is 4.47. The Bertz CT molecular complexity index is 655. The van der Waals surface area contributed by atoms with E-state index in [4.69, 9.17) is 5.11 Å². The first-order valence-electron chi connectivity index (χ1n) is 6.30. The molecule has 1 atom stereocenters. The van der Waals surface area contributed by atoms with Crippen molar-refractivity contribution in [2.75, 3.05) is 5.32 Å². The first-order chi connectivity index (χ1) is 9.67. The highest BCUT2D eigenvalue weighted by Crippen LogP contribution is 2.20. The molecule has 8 heteroatoms. The monoisotopic (exact) mass is 314 g/mol. The van der Waals surface area contributed by atoms with Crippen LogP contribution in [-0.4, -0.2) is 31.4 Å². The molecule has 0 fully saturated rings. The van der Waals surface area contributed by atoms with E-state index in [9.17, 15) is 18.0 Å². The van der Waals surface area contributed by atoms with Crippen molar-refractivity contribution < 1.29 is 23.1 Å². The van der Waals surface area contributed by atoms with Crippen molar-refractivity contribution in [2.45, 2.75) is 38.1 Å². The summed E-state index contributed by atoms with van der Waals surface area (Å²) in [6.07, 6.45) is 0.124. The van der Waals surface area contributed by atoms with Crippen LogP contribution in [-0.2, 0) is 19.6 Å². The Hall–Kier alpha value is -1.93. The lowest BCUT2D eigenvalue weighted by molar-refractivity contribution is -0.139. The van der Waals surface area contributed by atoms with Crippen LogP contribution in [0.25, 0.3) is 0 Å². The maximum atomic E-state index is 12.3. The van der Waals surface area contributed by atoms with Gasteiger partial charge in [0.1, 0.15) is 6.04 Å². The summed E-state index contributed by atoms with van der Waals surface area (Å²) in [5.74, 6) is -1.57. The number of aryl methyl sites for hydroxylation is 1. The van der Waals surface area contributed by atoms with Crippen LogP contribution >= 0.6 is 0 Å². The number of hydrogen-bond donors (Lipinski definition) is 3. The number of carbonyl (C=O) groups is 2. The van der Waals surface area contributed by atoms with Crippen LogP contribution in [0.5, 0.6) is 0 Å². The number of hydrogen-bond acceptors (Lipinski definition) is 4. The molecular formula is C13H18N2O5S. The molecule has 0 saturated carbocycles. The summed E-state index contributed by atoms with van der Waals surface area (Å²) in [5.41, 5.74) is 0.786. The highest BCUT2D eigenvalue weighted by Gasteiger charge is 2.25. The molecule has 1 aromatic carbocycles. The van der Waals surface area contributed by atoms with E-state index in [0.29, 0.717) is 11.3 Å². The highest BCUT2D eigenvalue weighted by molar-refractivity contribution is 7.89. The van der Waals surface area contributed by atoms with E-state index in [0.717, 1.165) is 0 Å².